The summed E-state index contributed by atoms with van der Waals surface area (Å²) in [5.41, 5.74) is 5.97. The summed E-state index contributed by atoms with van der Waals surface area (Å²) < 4.78 is 0. The quantitative estimate of drug-likeness (QED) is 0.280. The molecule has 0 fully saturated rings. The van der Waals surface area contributed by atoms with Crippen molar-refractivity contribution in [3.63, 3.8) is 0 Å². The van der Waals surface area contributed by atoms with Gasteiger partial charge in [0, 0.05) is 9.52 Å². The molecule has 0 saturated heterocycles. The van der Waals surface area contributed by atoms with Crippen molar-refractivity contribution < 1.29 is 35.6 Å². The molecule has 0 aliphatic rings. The van der Waals surface area contributed by atoms with Gasteiger partial charge < -0.3 is 9.41 Å². The van der Waals surface area contributed by atoms with E-state index in [1.54, 1.807) is 0 Å². The molecule has 0 amide bonds. The number of hydrogen-bond acceptors (Lipinski definition) is 0. The second kappa shape index (κ2) is 17.1. The summed E-state index contributed by atoms with van der Waals surface area (Å²) in [4.78, 5) is 0. The van der Waals surface area contributed by atoms with E-state index in [1.807, 2.05) is 0 Å². The van der Waals surface area contributed by atoms with Gasteiger partial charge in [-0.2, -0.15) is 11.1 Å². The van der Waals surface area contributed by atoms with E-state index in [-0.39, 0.29) is 35.6 Å². The molecule has 0 atom stereocenters. The zero-order valence-electron chi connectivity index (χ0n) is 20.4. The first kappa shape index (κ1) is 32.8. The molecule has 4 aromatic carbocycles. The molecule has 4 heteroatoms. The van der Waals surface area contributed by atoms with Crippen LogP contribution in [0.2, 0.25) is 13.1 Å². The van der Waals surface area contributed by atoms with Crippen molar-refractivity contribution in [3.05, 3.63) is 82.9 Å². The molecule has 0 unspecified atom stereocenters. The minimum atomic E-state index is 0. The maximum Gasteiger partial charge on any atom is 4.00 e. The second-order valence-corrected chi connectivity index (χ2v) is 9.00. The van der Waals surface area contributed by atoms with Crippen LogP contribution in [0.1, 0.15) is 48.9 Å². The van der Waals surface area contributed by atoms with Gasteiger partial charge in [0.05, 0.1) is 0 Å². The summed E-state index contributed by atoms with van der Waals surface area (Å²) in [6.07, 6.45) is 4.88. The molecule has 0 nitrogen and oxygen atoms in total. The van der Waals surface area contributed by atoms with E-state index in [0.717, 1.165) is 9.52 Å². The Morgan fingerprint density at radius 2 is 0.969 bits per heavy atom. The Balaban J connectivity index is 0. The van der Waals surface area contributed by atoms with E-state index in [0.29, 0.717) is 0 Å². The maximum absolute atomic E-state index is 2.33. The Hall–Kier alpha value is -1.38. The van der Waals surface area contributed by atoms with Crippen LogP contribution in [0.25, 0.3) is 21.5 Å². The van der Waals surface area contributed by atoms with Gasteiger partial charge in [0.25, 0.3) is 0 Å². The molecule has 0 bridgehead atoms. The van der Waals surface area contributed by atoms with Gasteiger partial charge in [-0.05, 0) is 12.8 Å². The molecule has 0 aromatic heterocycles. The molecule has 0 heterocycles. The molecule has 1 radical (unpaired) electrons. The molecule has 4 aromatic rings. The summed E-state index contributed by atoms with van der Waals surface area (Å²) in [7, 11) is 0.750. The zero-order valence-corrected chi connectivity index (χ0v) is 24.0. The van der Waals surface area contributed by atoms with Crippen molar-refractivity contribution in [1.82, 2.24) is 0 Å². The monoisotopic (exact) mass is 529 g/mol. The second-order valence-electron chi connectivity index (χ2n) is 7.84. The molecular weight excluding hydrogens is 494 g/mol. The van der Waals surface area contributed by atoms with Crippen LogP contribution in [-0.4, -0.2) is 9.52 Å². The van der Waals surface area contributed by atoms with E-state index in [9.17, 15) is 0 Å². The average molecular weight is 531 g/mol. The van der Waals surface area contributed by atoms with Gasteiger partial charge in [-0.25, -0.2) is 0 Å². The van der Waals surface area contributed by atoms with Crippen LogP contribution in [-0.2, 0) is 39.0 Å². The topological polar surface area (TPSA) is 0 Å². The van der Waals surface area contributed by atoms with Crippen molar-refractivity contribution in [1.29, 1.82) is 0 Å². The summed E-state index contributed by atoms with van der Waals surface area (Å²) in [6.45, 7) is 13.3. The number of halogens is 2. The number of fused-ring (bicyclic) bond motifs is 2. The van der Waals surface area contributed by atoms with Gasteiger partial charge in [0.1, 0.15) is 0 Å². The molecule has 0 N–H and O–H groups in total. The summed E-state index contributed by atoms with van der Waals surface area (Å²) in [6, 6.07) is 21.9. The Morgan fingerprint density at radius 1 is 0.656 bits per heavy atom. The predicted molar refractivity (Wildman–Crippen MR) is 135 cm³/mol. The van der Waals surface area contributed by atoms with Crippen molar-refractivity contribution in [2.45, 2.75) is 66.5 Å². The van der Waals surface area contributed by atoms with Crippen LogP contribution < -0.4 is 9.41 Å². The minimum Gasteiger partial charge on any atom is -1.00 e. The molecule has 0 aliphatic carbocycles. The molecule has 0 spiro atoms. The van der Waals surface area contributed by atoms with E-state index >= 15 is 0 Å². The van der Waals surface area contributed by atoms with E-state index in [2.05, 4.69) is 101 Å². The third-order valence-electron chi connectivity index (χ3n) is 5.39. The Kier molecular flexibility index (Phi) is 17.6. The molecule has 171 valence electrons. The van der Waals surface area contributed by atoms with Crippen LogP contribution in [0.5, 0.6) is 0 Å². The summed E-state index contributed by atoms with van der Waals surface area (Å²) in [5.74, 6) is 0. The Morgan fingerprint density at radius 3 is 1.25 bits per heavy atom. The van der Waals surface area contributed by atoms with Crippen LogP contribution in [0, 0.1) is 13.8 Å². The molecule has 0 aliphatic heterocycles. The van der Waals surface area contributed by atoms with Gasteiger partial charge in [0.2, 0.25) is 0 Å². The van der Waals surface area contributed by atoms with Crippen LogP contribution in [0.15, 0.2) is 60.7 Å². The number of rotatable bonds is 4. The van der Waals surface area contributed by atoms with Crippen LogP contribution >= 0.6 is 0 Å². The Bertz CT molecular complexity index is 935. The van der Waals surface area contributed by atoms with Crippen LogP contribution in [0.4, 0.5) is 0 Å². The molecule has 0 saturated carbocycles. The maximum atomic E-state index is 2.33. The Labute approximate surface area is 215 Å². The minimum absolute atomic E-state index is 0. The summed E-state index contributed by atoms with van der Waals surface area (Å²) >= 11 is 0. The van der Waals surface area contributed by atoms with Crippen molar-refractivity contribution in [2.75, 3.05) is 0 Å². The SMILES string of the molecule is CCCc1[cH-]c2ccccc2c1C.CCCc1[cH-]c2ccccc2c1C.C[SiH]C.[F-].[F-].[Zr+4]. The van der Waals surface area contributed by atoms with Gasteiger partial charge in [-0.3, -0.25) is 0 Å². The van der Waals surface area contributed by atoms with Gasteiger partial charge >= 0.3 is 26.2 Å². The zero-order chi connectivity index (χ0) is 21.2. The van der Waals surface area contributed by atoms with Gasteiger partial charge in [0.15, 0.2) is 0 Å². The van der Waals surface area contributed by atoms with E-state index in [4.69, 9.17) is 0 Å². The van der Waals surface area contributed by atoms with E-state index in [1.165, 1.54) is 69.5 Å². The third-order valence-corrected chi connectivity index (χ3v) is 5.39. The number of hydrogen-bond donors (Lipinski definition) is 0. The third kappa shape index (κ3) is 8.52. The molecule has 4 rings (SSSR count). The largest absolute Gasteiger partial charge is 4.00 e. The standard InChI is InChI=1S/2C13H15.C2H7Si.2FH.Zr/c2*1-3-6-11-9-12-7-4-5-8-13(12)10(11)2;1-3-2;;;/h2*4-5,7-9H,3,6H2,1-2H3;3H,1-2H3;2*1H;/q2*-1;;;;+4/p-2. The van der Waals surface area contributed by atoms with Crippen molar-refractivity contribution in [3.8, 4) is 0 Å². The first-order valence-electron chi connectivity index (χ1n) is 11.1. The van der Waals surface area contributed by atoms with E-state index < -0.39 is 0 Å². The van der Waals surface area contributed by atoms with Crippen molar-refractivity contribution in [2.24, 2.45) is 0 Å². The first-order chi connectivity index (χ1) is 14.1. The van der Waals surface area contributed by atoms with Crippen molar-refractivity contribution >= 4 is 31.1 Å². The smallest absolute Gasteiger partial charge is 1.00 e. The fourth-order valence-corrected chi connectivity index (χ4v) is 3.92. The van der Waals surface area contributed by atoms with Gasteiger partial charge in [-0.15, -0.1) is 81.2 Å². The molecular formula is C28H37F2SiZr. The first-order valence-corrected chi connectivity index (χ1v) is 13.4. The normalized spacial score (nSPS) is 9.44. The van der Waals surface area contributed by atoms with Crippen LogP contribution in [0.3, 0.4) is 0 Å². The number of aryl methyl sites for hydroxylation is 4. The van der Waals surface area contributed by atoms with Gasteiger partial charge in [-0.1, -0.05) is 65.8 Å². The summed E-state index contributed by atoms with van der Waals surface area (Å²) in [5, 5.41) is 5.63. The fraction of sp³-hybridized carbons (Fsp3) is 0.357. The predicted octanol–water partition coefficient (Wildman–Crippen LogP) is 2.16. The fourth-order valence-electron chi connectivity index (χ4n) is 3.92. The number of benzene rings is 2. The average Bonchev–Trinajstić information content (AvgIpc) is 3.21. The molecule has 32 heavy (non-hydrogen) atoms.